The van der Waals surface area contributed by atoms with Crippen molar-refractivity contribution in [3.63, 3.8) is 0 Å². The van der Waals surface area contributed by atoms with E-state index in [1.54, 1.807) is 0 Å². The Hall–Kier alpha value is -0.870. The summed E-state index contributed by atoms with van der Waals surface area (Å²) in [5.41, 5.74) is 0.430. The van der Waals surface area contributed by atoms with Gasteiger partial charge in [0.2, 0.25) is 6.29 Å². The summed E-state index contributed by atoms with van der Waals surface area (Å²) in [6, 6.07) is 0. The van der Waals surface area contributed by atoms with E-state index >= 15 is 0 Å². The van der Waals surface area contributed by atoms with Crippen LogP contribution >= 0.6 is 0 Å². The molecule has 130 valence electrons. The SMILES string of the molecule is C=C1[C@@H]2CC[C@]3([C@@H]4C[C@@H]5[C@]6(CCC[C@]5(C)C(=O)OC6O4)[C@H]3C2)[C@@H]1O. The molecule has 2 spiro atoms. The molecule has 0 aromatic carbocycles. The predicted octanol–water partition coefficient (Wildman–Crippen LogP) is 2.80. The van der Waals surface area contributed by atoms with Crippen molar-refractivity contribution in [2.75, 3.05) is 0 Å². The summed E-state index contributed by atoms with van der Waals surface area (Å²) < 4.78 is 12.3. The average molecular weight is 330 g/mol. The molecule has 3 aliphatic heterocycles. The van der Waals surface area contributed by atoms with Crippen LogP contribution in [0.4, 0.5) is 0 Å². The number of hydrogen-bond acceptors (Lipinski definition) is 4. The number of aliphatic hydroxyl groups excluding tert-OH is 1. The fourth-order valence-electron chi connectivity index (χ4n) is 8.29. The summed E-state index contributed by atoms with van der Waals surface area (Å²) in [5.74, 6) is 1.16. The molecule has 7 bridgehead atoms. The molecule has 8 rings (SSSR count). The molecule has 9 atom stereocenters. The lowest BCUT2D eigenvalue weighted by atomic mass is 9.33. The maximum absolute atomic E-state index is 12.7. The van der Waals surface area contributed by atoms with E-state index in [1.165, 1.54) is 0 Å². The van der Waals surface area contributed by atoms with E-state index in [1.807, 2.05) is 0 Å². The van der Waals surface area contributed by atoms with Gasteiger partial charge in [0.05, 0.1) is 17.6 Å². The van der Waals surface area contributed by atoms with Crippen molar-refractivity contribution < 1.29 is 19.4 Å². The largest absolute Gasteiger partial charge is 0.435 e. The number of aliphatic hydroxyl groups is 1. The Bertz CT molecular complexity index is 673. The van der Waals surface area contributed by atoms with Gasteiger partial charge in [-0.1, -0.05) is 13.0 Å². The van der Waals surface area contributed by atoms with Crippen molar-refractivity contribution in [2.45, 2.75) is 70.4 Å². The van der Waals surface area contributed by atoms with Crippen molar-refractivity contribution in [1.29, 1.82) is 0 Å². The Morgan fingerprint density at radius 1 is 1.17 bits per heavy atom. The lowest BCUT2D eigenvalue weighted by Crippen LogP contribution is -2.80. The summed E-state index contributed by atoms with van der Waals surface area (Å²) in [4.78, 5) is 12.7. The van der Waals surface area contributed by atoms with Crippen LogP contribution in [0.5, 0.6) is 0 Å². The summed E-state index contributed by atoms with van der Waals surface area (Å²) in [6.07, 6.45) is 6.47. The Morgan fingerprint density at radius 2 is 2.00 bits per heavy atom. The first-order valence-electron chi connectivity index (χ1n) is 9.68. The second kappa shape index (κ2) is 3.93. The van der Waals surface area contributed by atoms with Gasteiger partial charge in [-0.15, -0.1) is 0 Å². The second-order valence-corrected chi connectivity index (χ2v) is 9.65. The van der Waals surface area contributed by atoms with Crippen molar-refractivity contribution in [2.24, 2.45) is 34.0 Å². The molecule has 0 aromatic heterocycles. The van der Waals surface area contributed by atoms with Crippen LogP contribution in [0.2, 0.25) is 0 Å². The van der Waals surface area contributed by atoms with Crippen LogP contribution < -0.4 is 0 Å². The number of fused-ring (bicyclic) bond motifs is 2. The van der Waals surface area contributed by atoms with Crippen molar-refractivity contribution >= 4 is 5.97 Å². The molecule has 3 heterocycles. The first-order chi connectivity index (χ1) is 11.4. The van der Waals surface area contributed by atoms with Gasteiger partial charge in [-0.3, -0.25) is 4.79 Å². The normalized spacial score (nSPS) is 63.1. The van der Waals surface area contributed by atoms with E-state index < -0.39 is 6.10 Å². The number of esters is 1. The highest BCUT2D eigenvalue weighted by atomic mass is 16.7. The van der Waals surface area contributed by atoms with Gasteiger partial charge in [-0.2, -0.15) is 0 Å². The molecule has 0 amide bonds. The van der Waals surface area contributed by atoms with Gasteiger partial charge in [0, 0.05) is 10.8 Å². The molecular formula is C20H26O4. The molecule has 4 nitrogen and oxygen atoms in total. The molecule has 0 radical (unpaired) electrons. The summed E-state index contributed by atoms with van der Waals surface area (Å²) >= 11 is 0. The molecule has 1 N–H and O–H groups in total. The van der Waals surface area contributed by atoms with Gasteiger partial charge in [-0.25, -0.2) is 0 Å². The summed E-state index contributed by atoms with van der Waals surface area (Å²) in [7, 11) is 0. The molecule has 24 heavy (non-hydrogen) atoms. The van der Waals surface area contributed by atoms with Crippen molar-refractivity contribution in [1.82, 2.24) is 0 Å². The van der Waals surface area contributed by atoms with Crippen LogP contribution in [0.25, 0.3) is 0 Å². The molecule has 5 saturated carbocycles. The topological polar surface area (TPSA) is 55.8 Å². The zero-order valence-electron chi connectivity index (χ0n) is 14.3. The maximum atomic E-state index is 12.7. The second-order valence-electron chi connectivity index (χ2n) is 9.65. The summed E-state index contributed by atoms with van der Waals surface area (Å²) in [5, 5.41) is 11.2. The van der Waals surface area contributed by atoms with E-state index in [0.717, 1.165) is 50.5 Å². The number of ether oxygens (including phenoxy) is 2. The van der Waals surface area contributed by atoms with E-state index in [2.05, 4.69) is 13.5 Å². The highest BCUT2D eigenvalue weighted by molar-refractivity contribution is 5.78. The average Bonchev–Trinajstić information content (AvgIpc) is 2.58. The van der Waals surface area contributed by atoms with Gasteiger partial charge < -0.3 is 14.6 Å². The lowest BCUT2D eigenvalue weighted by molar-refractivity contribution is -0.416. The zero-order valence-corrected chi connectivity index (χ0v) is 14.3. The first kappa shape index (κ1) is 14.3. The molecule has 1 unspecified atom stereocenters. The zero-order chi connectivity index (χ0) is 16.5. The smallest absolute Gasteiger partial charge is 0.314 e. The number of carbonyl (C=O) groups excluding carboxylic acids is 1. The number of rotatable bonds is 0. The monoisotopic (exact) mass is 330 g/mol. The molecule has 5 aliphatic carbocycles. The Kier molecular flexibility index (Phi) is 2.35. The minimum Gasteiger partial charge on any atom is -0.435 e. The van der Waals surface area contributed by atoms with Crippen LogP contribution in [0, 0.1) is 34.0 Å². The van der Waals surface area contributed by atoms with Crippen LogP contribution in [0.3, 0.4) is 0 Å². The minimum absolute atomic E-state index is 0.0119. The van der Waals surface area contributed by atoms with Crippen LogP contribution in [0.1, 0.15) is 51.9 Å². The van der Waals surface area contributed by atoms with Crippen LogP contribution in [-0.4, -0.2) is 29.6 Å². The van der Waals surface area contributed by atoms with Gasteiger partial charge in [0.25, 0.3) is 0 Å². The van der Waals surface area contributed by atoms with E-state index in [4.69, 9.17) is 9.47 Å². The Balaban J connectivity index is 1.57. The van der Waals surface area contributed by atoms with E-state index in [9.17, 15) is 9.90 Å². The van der Waals surface area contributed by atoms with E-state index in [-0.39, 0.29) is 34.6 Å². The maximum Gasteiger partial charge on any atom is 0.314 e. The molecular weight excluding hydrogens is 304 g/mol. The minimum atomic E-state index is -0.443. The fraction of sp³-hybridized carbons (Fsp3) is 0.850. The number of carbonyl (C=O) groups is 1. The molecule has 3 saturated heterocycles. The van der Waals surface area contributed by atoms with Crippen LogP contribution in [0.15, 0.2) is 12.2 Å². The first-order valence-corrected chi connectivity index (χ1v) is 9.68. The third-order valence-electron chi connectivity index (χ3n) is 9.31. The highest BCUT2D eigenvalue weighted by Gasteiger charge is 2.80. The summed E-state index contributed by atoms with van der Waals surface area (Å²) in [6.45, 7) is 6.36. The quantitative estimate of drug-likeness (QED) is 0.548. The lowest BCUT2D eigenvalue weighted by Gasteiger charge is -2.77. The van der Waals surface area contributed by atoms with Crippen molar-refractivity contribution in [3.05, 3.63) is 12.2 Å². The number of hydrogen-bond donors (Lipinski definition) is 1. The molecule has 4 heteroatoms. The van der Waals surface area contributed by atoms with Gasteiger partial charge in [0.15, 0.2) is 0 Å². The van der Waals surface area contributed by atoms with Crippen molar-refractivity contribution in [3.8, 4) is 0 Å². The highest BCUT2D eigenvalue weighted by Crippen LogP contribution is 2.77. The Labute approximate surface area is 142 Å². The van der Waals surface area contributed by atoms with Crippen LogP contribution in [-0.2, 0) is 14.3 Å². The van der Waals surface area contributed by atoms with Gasteiger partial charge in [0.1, 0.15) is 0 Å². The molecule has 0 aromatic rings. The standard InChI is InChI=1S/C20H26O4/c1-10-11-4-7-20(15(10)21)13(8-11)19-6-3-5-18(2)12(19)9-14(20)23-17(19)24-16(18)22/h11-15,17,21H,1,3-9H2,2H3/t11-,12+,13-,14+,15-,17?,18+,19-,20+/m1/s1. The molecule has 8 aliphatic rings. The van der Waals surface area contributed by atoms with E-state index in [0.29, 0.717) is 17.8 Å². The predicted molar refractivity (Wildman–Crippen MR) is 85.7 cm³/mol. The van der Waals surface area contributed by atoms with Gasteiger partial charge in [-0.05, 0) is 68.8 Å². The third kappa shape index (κ3) is 1.18. The Morgan fingerprint density at radius 3 is 2.83 bits per heavy atom. The third-order valence-corrected chi connectivity index (χ3v) is 9.31. The molecule has 8 fully saturated rings. The van der Waals surface area contributed by atoms with Gasteiger partial charge >= 0.3 is 5.97 Å². The fourth-order valence-corrected chi connectivity index (χ4v) is 8.29.